The van der Waals surface area contributed by atoms with Crippen LogP contribution in [-0.4, -0.2) is 35.0 Å². The summed E-state index contributed by atoms with van der Waals surface area (Å²) in [6.07, 6.45) is 3.93. The van der Waals surface area contributed by atoms with Crippen LogP contribution in [0.3, 0.4) is 0 Å². The fraction of sp³-hybridized carbons (Fsp3) is 0.571. The quantitative estimate of drug-likeness (QED) is 0.844. The molecular weight excluding hydrogens is 242 g/mol. The minimum Gasteiger partial charge on any atom is -0.309 e. The van der Waals surface area contributed by atoms with Gasteiger partial charge in [0, 0.05) is 18.8 Å². The molecule has 0 fully saturated rings. The van der Waals surface area contributed by atoms with E-state index in [2.05, 4.69) is 5.32 Å². The Labute approximate surface area is 114 Å². The SMILES string of the molecule is CN[C@@H](C)C(=O)N(n1cccc1)C(C)(C)CC(C)=O. The zero-order valence-electron chi connectivity index (χ0n) is 12.3. The molecule has 0 saturated heterocycles. The molecule has 5 heteroatoms. The molecule has 0 aliphatic carbocycles. The minimum atomic E-state index is -0.576. The lowest BCUT2D eigenvalue weighted by Gasteiger charge is -2.39. The Morgan fingerprint density at radius 3 is 2.26 bits per heavy atom. The van der Waals surface area contributed by atoms with Crippen molar-refractivity contribution in [1.82, 2.24) is 9.99 Å². The number of hydrogen-bond acceptors (Lipinski definition) is 3. The van der Waals surface area contributed by atoms with Gasteiger partial charge in [-0.2, -0.15) is 0 Å². The van der Waals surface area contributed by atoms with Crippen molar-refractivity contribution in [1.29, 1.82) is 0 Å². The number of likely N-dealkylation sites (N-methyl/N-ethyl adjacent to an activating group) is 1. The molecule has 0 radical (unpaired) electrons. The summed E-state index contributed by atoms with van der Waals surface area (Å²) in [5, 5.41) is 4.58. The maximum atomic E-state index is 12.5. The van der Waals surface area contributed by atoms with Crippen molar-refractivity contribution in [3.05, 3.63) is 24.5 Å². The average molecular weight is 265 g/mol. The molecule has 0 aliphatic rings. The zero-order valence-corrected chi connectivity index (χ0v) is 12.3. The van der Waals surface area contributed by atoms with Gasteiger partial charge >= 0.3 is 0 Å². The molecule has 19 heavy (non-hydrogen) atoms. The van der Waals surface area contributed by atoms with Gasteiger partial charge in [0.2, 0.25) is 0 Å². The number of nitrogens with one attached hydrogen (secondary N) is 1. The summed E-state index contributed by atoms with van der Waals surface area (Å²) in [7, 11) is 1.74. The lowest BCUT2D eigenvalue weighted by atomic mass is 9.96. The van der Waals surface area contributed by atoms with E-state index in [-0.39, 0.29) is 17.7 Å². The number of aromatic nitrogens is 1. The first-order chi connectivity index (χ1) is 8.79. The van der Waals surface area contributed by atoms with Crippen LogP contribution in [0, 0.1) is 0 Å². The summed E-state index contributed by atoms with van der Waals surface area (Å²) in [4.78, 5) is 24.0. The molecule has 1 amide bonds. The van der Waals surface area contributed by atoms with Crippen molar-refractivity contribution >= 4 is 11.7 Å². The predicted molar refractivity (Wildman–Crippen MR) is 75.6 cm³/mol. The summed E-state index contributed by atoms with van der Waals surface area (Å²) in [5.74, 6) is -0.00276. The fourth-order valence-electron chi connectivity index (χ4n) is 2.17. The summed E-state index contributed by atoms with van der Waals surface area (Å²) in [6.45, 7) is 7.15. The van der Waals surface area contributed by atoms with Crippen LogP contribution in [0.1, 0.15) is 34.1 Å². The Morgan fingerprint density at radius 2 is 1.84 bits per heavy atom. The van der Waals surface area contributed by atoms with Gasteiger partial charge in [-0.3, -0.25) is 14.3 Å². The molecule has 1 N–H and O–H groups in total. The molecular formula is C14H23N3O2. The fourth-order valence-corrected chi connectivity index (χ4v) is 2.17. The van der Waals surface area contributed by atoms with Crippen LogP contribution in [0.2, 0.25) is 0 Å². The van der Waals surface area contributed by atoms with Gasteiger partial charge in [0.1, 0.15) is 5.78 Å². The van der Waals surface area contributed by atoms with Gasteiger partial charge in [-0.15, -0.1) is 0 Å². The Balaban J connectivity index is 3.13. The first-order valence-corrected chi connectivity index (χ1v) is 6.43. The molecule has 5 nitrogen and oxygen atoms in total. The van der Waals surface area contributed by atoms with E-state index in [0.29, 0.717) is 6.42 Å². The maximum Gasteiger partial charge on any atom is 0.258 e. The highest BCUT2D eigenvalue weighted by Gasteiger charge is 2.35. The molecule has 106 valence electrons. The molecule has 0 aromatic carbocycles. The van der Waals surface area contributed by atoms with E-state index in [4.69, 9.17) is 0 Å². The second kappa shape index (κ2) is 6.02. The average Bonchev–Trinajstić information content (AvgIpc) is 2.79. The summed E-state index contributed by atoms with van der Waals surface area (Å²) in [5.41, 5.74) is -0.576. The van der Waals surface area contributed by atoms with Crippen molar-refractivity contribution in [2.45, 2.75) is 45.7 Å². The first-order valence-electron chi connectivity index (χ1n) is 6.43. The third-order valence-corrected chi connectivity index (χ3v) is 3.09. The highest BCUT2D eigenvalue weighted by Crippen LogP contribution is 2.19. The topological polar surface area (TPSA) is 54.3 Å². The van der Waals surface area contributed by atoms with Crippen LogP contribution in [0.25, 0.3) is 0 Å². The lowest BCUT2D eigenvalue weighted by Crippen LogP contribution is -2.59. The van der Waals surface area contributed by atoms with E-state index in [0.717, 1.165) is 0 Å². The zero-order chi connectivity index (χ0) is 14.6. The summed E-state index contributed by atoms with van der Waals surface area (Å²) in [6, 6.07) is 3.40. The second-order valence-electron chi connectivity index (χ2n) is 5.41. The molecule has 0 spiro atoms. The molecule has 0 saturated carbocycles. The van der Waals surface area contributed by atoms with Crippen molar-refractivity contribution in [3.63, 3.8) is 0 Å². The maximum absolute atomic E-state index is 12.5. The van der Waals surface area contributed by atoms with Crippen molar-refractivity contribution in [2.75, 3.05) is 12.1 Å². The number of Topliss-reactive ketones (excluding diaryl/α,β-unsaturated/α-hetero) is 1. The van der Waals surface area contributed by atoms with Crippen molar-refractivity contribution in [3.8, 4) is 0 Å². The largest absolute Gasteiger partial charge is 0.309 e. The molecule has 0 unspecified atom stereocenters. The smallest absolute Gasteiger partial charge is 0.258 e. The Kier molecular flexibility index (Phi) is 4.89. The third-order valence-electron chi connectivity index (χ3n) is 3.09. The number of hydrogen-bond donors (Lipinski definition) is 1. The van der Waals surface area contributed by atoms with Gasteiger partial charge in [-0.05, 0) is 46.9 Å². The summed E-state index contributed by atoms with van der Waals surface area (Å²) >= 11 is 0. The molecule has 0 bridgehead atoms. The predicted octanol–water partition coefficient (Wildman–Crippen LogP) is 1.32. The number of carbonyl (C=O) groups excluding carboxylic acids is 2. The van der Waals surface area contributed by atoms with Gasteiger partial charge in [0.25, 0.3) is 5.91 Å². The Morgan fingerprint density at radius 1 is 1.32 bits per heavy atom. The number of nitrogens with zero attached hydrogens (tertiary/aromatic N) is 2. The van der Waals surface area contributed by atoms with Gasteiger partial charge < -0.3 is 5.32 Å². The minimum absolute atomic E-state index is 0.0621. The molecule has 1 atom stereocenters. The van der Waals surface area contributed by atoms with Crippen LogP contribution >= 0.6 is 0 Å². The molecule has 0 aliphatic heterocycles. The van der Waals surface area contributed by atoms with E-state index < -0.39 is 5.54 Å². The van der Waals surface area contributed by atoms with Crippen LogP contribution < -0.4 is 10.3 Å². The molecule has 1 aromatic heterocycles. The normalized spacial score (nSPS) is 13.1. The molecule has 1 aromatic rings. The van der Waals surface area contributed by atoms with Gasteiger partial charge in [-0.25, -0.2) is 5.01 Å². The second-order valence-corrected chi connectivity index (χ2v) is 5.41. The monoisotopic (exact) mass is 265 g/mol. The van der Waals surface area contributed by atoms with Gasteiger partial charge in [0.15, 0.2) is 0 Å². The summed E-state index contributed by atoms with van der Waals surface area (Å²) < 4.78 is 1.74. The number of carbonyl (C=O) groups is 2. The van der Waals surface area contributed by atoms with Crippen LogP contribution in [-0.2, 0) is 9.59 Å². The van der Waals surface area contributed by atoms with Gasteiger partial charge in [-0.1, -0.05) is 0 Å². The standard InChI is InChI=1S/C14H23N3O2/c1-11(18)10-14(3,4)17(13(19)12(2)15-5)16-8-6-7-9-16/h6-9,12,15H,10H2,1-5H3/t12-/m0/s1. The number of amides is 1. The van der Waals surface area contributed by atoms with Crippen molar-refractivity contribution in [2.24, 2.45) is 0 Å². The van der Waals surface area contributed by atoms with Crippen LogP contribution in [0.5, 0.6) is 0 Å². The third kappa shape index (κ3) is 3.67. The lowest BCUT2D eigenvalue weighted by molar-refractivity contribution is -0.124. The van der Waals surface area contributed by atoms with E-state index in [1.807, 2.05) is 45.3 Å². The highest BCUT2D eigenvalue weighted by atomic mass is 16.2. The van der Waals surface area contributed by atoms with E-state index >= 15 is 0 Å². The van der Waals surface area contributed by atoms with E-state index in [9.17, 15) is 9.59 Å². The van der Waals surface area contributed by atoms with Crippen LogP contribution in [0.15, 0.2) is 24.5 Å². The van der Waals surface area contributed by atoms with Crippen LogP contribution in [0.4, 0.5) is 0 Å². The number of rotatable bonds is 6. The van der Waals surface area contributed by atoms with Gasteiger partial charge in [0.05, 0.1) is 11.6 Å². The Hall–Kier alpha value is -1.62. The van der Waals surface area contributed by atoms with E-state index in [1.165, 1.54) is 0 Å². The first kappa shape index (κ1) is 15.4. The Bertz CT molecular complexity index is 438. The van der Waals surface area contributed by atoms with Crippen molar-refractivity contribution < 1.29 is 9.59 Å². The molecule has 1 rings (SSSR count). The molecule has 1 heterocycles. The highest BCUT2D eigenvalue weighted by molar-refractivity contribution is 5.92. The van der Waals surface area contributed by atoms with E-state index in [1.54, 1.807) is 23.7 Å². The number of ketones is 1.